The summed E-state index contributed by atoms with van der Waals surface area (Å²) >= 11 is 12.0. The Bertz CT molecular complexity index is 805. The third-order valence-electron chi connectivity index (χ3n) is 4.64. The van der Waals surface area contributed by atoms with Crippen LogP contribution in [0.15, 0.2) is 48.5 Å². The lowest BCUT2D eigenvalue weighted by molar-refractivity contribution is -0.119. The summed E-state index contributed by atoms with van der Waals surface area (Å²) in [7, 11) is 0. The number of carbonyl (C=O) groups is 2. The van der Waals surface area contributed by atoms with Gasteiger partial charge < -0.3 is 4.90 Å². The summed E-state index contributed by atoms with van der Waals surface area (Å²) in [5.74, 6) is -0.202. The van der Waals surface area contributed by atoms with Crippen molar-refractivity contribution in [2.75, 3.05) is 11.4 Å². The predicted octanol–water partition coefficient (Wildman–Crippen LogP) is 4.32. The van der Waals surface area contributed by atoms with Gasteiger partial charge in [0.25, 0.3) is 5.91 Å². The molecule has 3 amide bonds. The third-order valence-corrected chi connectivity index (χ3v) is 5.08. The smallest absolute Gasteiger partial charge is 0.311 e. The van der Waals surface area contributed by atoms with Crippen molar-refractivity contribution < 1.29 is 9.59 Å². The first-order valence-corrected chi connectivity index (χ1v) is 8.47. The van der Waals surface area contributed by atoms with E-state index in [9.17, 15) is 9.59 Å². The zero-order valence-electron chi connectivity index (χ0n) is 12.7. The zero-order chi connectivity index (χ0) is 16.8. The Labute approximate surface area is 149 Å². The van der Waals surface area contributed by atoms with Gasteiger partial charge in [0.1, 0.15) is 6.04 Å². The van der Waals surface area contributed by atoms with Crippen LogP contribution in [0, 0.1) is 0 Å². The highest BCUT2D eigenvalue weighted by Gasteiger charge is 2.53. The van der Waals surface area contributed by atoms with Gasteiger partial charge in [-0.25, -0.2) is 9.69 Å². The molecule has 2 saturated heterocycles. The van der Waals surface area contributed by atoms with Crippen LogP contribution in [0.25, 0.3) is 0 Å². The van der Waals surface area contributed by atoms with Gasteiger partial charge in [0.2, 0.25) is 0 Å². The van der Waals surface area contributed by atoms with Crippen molar-refractivity contribution in [2.24, 2.45) is 0 Å². The molecule has 0 N–H and O–H groups in total. The summed E-state index contributed by atoms with van der Waals surface area (Å²) in [5.41, 5.74) is 1.50. The first-order valence-electron chi connectivity index (χ1n) is 7.72. The van der Waals surface area contributed by atoms with Crippen molar-refractivity contribution in [2.45, 2.75) is 18.4 Å². The molecule has 6 heteroatoms. The van der Waals surface area contributed by atoms with Crippen LogP contribution >= 0.6 is 23.2 Å². The molecular formula is C18H14Cl2N2O2. The largest absolute Gasteiger partial charge is 0.332 e. The summed E-state index contributed by atoms with van der Waals surface area (Å²) in [4.78, 5) is 28.6. The number of anilines is 1. The minimum atomic E-state index is -0.461. The quantitative estimate of drug-likeness (QED) is 0.748. The van der Waals surface area contributed by atoms with Crippen molar-refractivity contribution in [3.05, 3.63) is 64.1 Å². The number of nitrogens with zero attached hydrogens (tertiary/aromatic N) is 2. The van der Waals surface area contributed by atoms with E-state index < -0.39 is 6.04 Å². The summed E-state index contributed by atoms with van der Waals surface area (Å²) < 4.78 is 0. The van der Waals surface area contributed by atoms with Gasteiger partial charge >= 0.3 is 6.03 Å². The molecule has 0 aliphatic carbocycles. The summed E-state index contributed by atoms with van der Waals surface area (Å²) in [6.07, 6.45) is 0.788. The molecule has 0 bridgehead atoms. The zero-order valence-corrected chi connectivity index (χ0v) is 14.2. The number of amides is 3. The third kappa shape index (κ3) is 2.38. The number of rotatable bonds is 2. The number of urea groups is 1. The topological polar surface area (TPSA) is 40.6 Å². The van der Waals surface area contributed by atoms with E-state index >= 15 is 0 Å². The van der Waals surface area contributed by atoms with Crippen LogP contribution in [0.5, 0.6) is 0 Å². The number of fused-ring (bicyclic) bond motifs is 1. The van der Waals surface area contributed by atoms with Crippen molar-refractivity contribution in [3.63, 3.8) is 0 Å². The van der Waals surface area contributed by atoms with Crippen LogP contribution in [0.4, 0.5) is 10.5 Å². The minimum Gasteiger partial charge on any atom is -0.311 e. The molecule has 2 unspecified atom stereocenters. The van der Waals surface area contributed by atoms with Crippen LogP contribution in [-0.2, 0) is 4.79 Å². The Morgan fingerprint density at radius 3 is 2.29 bits per heavy atom. The maximum absolute atomic E-state index is 13.0. The molecule has 4 nitrogen and oxygen atoms in total. The Morgan fingerprint density at radius 2 is 1.62 bits per heavy atom. The molecule has 2 heterocycles. The Balaban J connectivity index is 1.71. The molecule has 0 aromatic heterocycles. The normalized spacial score (nSPS) is 23.1. The number of benzene rings is 2. The van der Waals surface area contributed by atoms with E-state index in [1.54, 1.807) is 23.1 Å². The number of hydrogen-bond acceptors (Lipinski definition) is 2. The van der Waals surface area contributed by atoms with E-state index in [0.717, 1.165) is 12.0 Å². The molecule has 24 heavy (non-hydrogen) atoms. The van der Waals surface area contributed by atoms with Crippen LogP contribution < -0.4 is 4.90 Å². The van der Waals surface area contributed by atoms with Crippen LogP contribution in [0.1, 0.15) is 17.9 Å². The van der Waals surface area contributed by atoms with Crippen LogP contribution in [0.2, 0.25) is 10.0 Å². The highest BCUT2D eigenvalue weighted by atomic mass is 35.5. The van der Waals surface area contributed by atoms with E-state index in [4.69, 9.17) is 23.2 Å². The van der Waals surface area contributed by atoms with E-state index in [2.05, 4.69) is 0 Å². The van der Waals surface area contributed by atoms with Crippen LogP contribution in [0.3, 0.4) is 0 Å². The number of carbonyl (C=O) groups excluding carboxylic acids is 2. The van der Waals surface area contributed by atoms with E-state index in [-0.39, 0.29) is 17.9 Å². The number of imide groups is 1. The average molecular weight is 361 g/mol. The first kappa shape index (κ1) is 15.5. The van der Waals surface area contributed by atoms with Gasteiger partial charge in [-0.3, -0.25) is 4.79 Å². The van der Waals surface area contributed by atoms with Gasteiger partial charge in [0, 0.05) is 22.5 Å². The maximum Gasteiger partial charge on any atom is 0.332 e. The Morgan fingerprint density at radius 1 is 0.958 bits per heavy atom. The Kier molecular flexibility index (Phi) is 3.74. The van der Waals surface area contributed by atoms with Crippen molar-refractivity contribution in [3.8, 4) is 0 Å². The minimum absolute atomic E-state index is 0.0160. The van der Waals surface area contributed by atoms with Gasteiger partial charge in [0.05, 0.1) is 5.69 Å². The highest BCUT2D eigenvalue weighted by molar-refractivity contribution is 6.35. The average Bonchev–Trinajstić information content (AvgIpc) is 3.08. The second-order valence-corrected chi connectivity index (χ2v) is 6.90. The van der Waals surface area contributed by atoms with Crippen molar-refractivity contribution in [1.82, 2.24) is 4.90 Å². The lowest BCUT2D eigenvalue weighted by Crippen LogP contribution is -2.33. The fraction of sp³-hybridized carbons (Fsp3) is 0.222. The molecule has 2 aromatic rings. The molecular weight excluding hydrogens is 347 g/mol. The molecule has 2 aliphatic rings. The first-order chi connectivity index (χ1) is 11.6. The summed E-state index contributed by atoms with van der Waals surface area (Å²) in [5, 5.41) is 0.787. The fourth-order valence-electron chi connectivity index (χ4n) is 3.62. The molecule has 2 fully saturated rings. The lowest BCUT2D eigenvalue weighted by Gasteiger charge is -2.18. The Hall–Kier alpha value is -2.04. The SMILES string of the molecule is O=C1C2C(c3ccccc3)CCN2C(=O)N1c1cc(Cl)cc(Cl)c1. The molecule has 0 radical (unpaired) electrons. The second-order valence-electron chi connectivity index (χ2n) is 6.03. The standard InChI is InChI=1S/C18H14Cl2N2O2/c19-12-8-13(20)10-14(9-12)22-17(23)16-15(6-7-21(16)18(22)24)11-4-2-1-3-5-11/h1-5,8-10,15-16H,6-7H2. The van der Waals surface area contributed by atoms with Gasteiger partial charge in [-0.1, -0.05) is 53.5 Å². The molecule has 0 saturated carbocycles. The molecule has 2 aliphatic heterocycles. The molecule has 2 aromatic carbocycles. The van der Waals surface area contributed by atoms with Crippen molar-refractivity contribution >= 4 is 40.8 Å². The second kappa shape index (κ2) is 5.80. The molecule has 122 valence electrons. The maximum atomic E-state index is 13.0. The van der Waals surface area contributed by atoms with E-state index in [1.165, 1.54) is 4.90 Å². The molecule has 0 spiro atoms. The van der Waals surface area contributed by atoms with Gasteiger partial charge in [-0.15, -0.1) is 0 Å². The molecule has 4 rings (SSSR count). The monoisotopic (exact) mass is 360 g/mol. The summed E-state index contributed by atoms with van der Waals surface area (Å²) in [6.45, 7) is 0.569. The van der Waals surface area contributed by atoms with Gasteiger partial charge in [-0.2, -0.15) is 0 Å². The van der Waals surface area contributed by atoms with E-state index in [0.29, 0.717) is 22.3 Å². The number of halogens is 2. The van der Waals surface area contributed by atoms with Gasteiger partial charge in [-0.05, 0) is 30.2 Å². The predicted molar refractivity (Wildman–Crippen MR) is 93.6 cm³/mol. The number of hydrogen-bond donors (Lipinski definition) is 0. The van der Waals surface area contributed by atoms with E-state index in [1.807, 2.05) is 30.3 Å². The van der Waals surface area contributed by atoms with Gasteiger partial charge in [0.15, 0.2) is 0 Å². The highest BCUT2D eigenvalue weighted by Crippen LogP contribution is 2.41. The fourth-order valence-corrected chi connectivity index (χ4v) is 4.14. The van der Waals surface area contributed by atoms with Crippen molar-refractivity contribution in [1.29, 1.82) is 0 Å². The lowest BCUT2D eigenvalue weighted by atomic mass is 9.91. The summed E-state index contributed by atoms with van der Waals surface area (Å²) in [6, 6.07) is 13.8. The molecule has 2 atom stereocenters. The van der Waals surface area contributed by atoms with Crippen LogP contribution in [-0.4, -0.2) is 29.4 Å².